The Balaban J connectivity index is 2.32. The molecule has 1 heterocycles. The molecule has 0 aromatic heterocycles. The molecule has 21 heavy (non-hydrogen) atoms. The summed E-state index contributed by atoms with van der Waals surface area (Å²) < 4.78 is 45.4. The third-order valence-electron chi connectivity index (χ3n) is 3.07. The highest BCUT2D eigenvalue weighted by Gasteiger charge is 2.31. The van der Waals surface area contributed by atoms with Gasteiger partial charge in [-0.1, -0.05) is 11.8 Å². The summed E-state index contributed by atoms with van der Waals surface area (Å²) in [5, 5.41) is 8.59. The summed E-state index contributed by atoms with van der Waals surface area (Å²) in [6.45, 7) is 2.13. The lowest BCUT2D eigenvalue weighted by atomic mass is 10.2. The molecule has 1 fully saturated rings. The third kappa shape index (κ3) is 3.60. The predicted molar refractivity (Wildman–Crippen MR) is 74.5 cm³/mol. The standard InChI is InChI=1S/C14H16FNO4S/c1-11-10-16(6-8-20-11)21(18,19)14-5-4-12(3-2-7-17)9-13(14)15/h4-5,9,11,17H,6-8,10H2,1H3. The van der Waals surface area contributed by atoms with Gasteiger partial charge in [0.25, 0.3) is 0 Å². The molecule has 0 amide bonds. The molecule has 1 aliphatic rings. The number of halogens is 1. The normalized spacial score (nSPS) is 19.9. The number of rotatable bonds is 2. The first-order valence-corrected chi connectivity index (χ1v) is 7.90. The Bertz CT molecular complexity index is 678. The summed E-state index contributed by atoms with van der Waals surface area (Å²) in [7, 11) is -3.88. The Hall–Kier alpha value is -1.46. The second-order valence-corrected chi connectivity index (χ2v) is 6.56. The molecule has 114 valence electrons. The summed E-state index contributed by atoms with van der Waals surface area (Å²) in [5.41, 5.74) is 0.316. The average Bonchev–Trinajstić information content (AvgIpc) is 2.45. The molecule has 0 radical (unpaired) electrons. The van der Waals surface area contributed by atoms with Crippen molar-refractivity contribution in [2.45, 2.75) is 17.9 Å². The number of ether oxygens (including phenoxy) is 1. The van der Waals surface area contributed by atoms with Gasteiger partial charge in [0.05, 0.1) is 12.7 Å². The Kier molecular flexibility index (Phi) is 4.96. The summed E-state index contributed by atoms with van der Waals surface area (Å²) >= 11 is 0. The van der Waals surface area contributed by atoms with Crippen LogP contribution in [0, 0.1) is 17.7 Å². The quantitative estimate of drug-likeness (QED) is 0.811. The van der Waals surface area contributed by atoms with Crippen LogP contribution in [0.2, 0.25) is 0 Å². The minimum atomic E-state index is -3.88. The van der Waals surface area contributed by atoms with Crippen LogP contribution in [0.1, 0.15) is 12.5 Å². The van der Waals surface area contributed by atoms with Crippen molar-refractivity contribution < 1.29 is 22.7 Å². The van der Waals surface area contributed by atoms with E-state index >= 15 is 0 Å². The monoisotopic (exact) mass is 313 g/mol. The number of nitrogens with zero attached hydrogens (tertiary/aromatic N) is 1. The van der Waals surface area contributed by atoms with Crippen LogP contribution in [0.4, 0.5) is 4.39 Å². The first-order valence-electron chi connectivity index (χ1n) is 6.46. The summed E-state index contributed by atoms with van der Waals surface area (Å²) in [6, 6.07) is 3.67. The predicted octanol–water partition coefficient (Wildman–Crippen LogP) is 0.579. The second kappa shape index (κ2) is 6.54. The van der Waals surface area contributed by atoms with Crippen molar-refractivity contribution in [2.24, 2.45) is 0 Å². The van der Waals surface area contributed by atoms with Crippen LogP contribution in [-0.4, -0.2) is 50.2 Å². The number of hydrogen-bond acceptors (Lipinski definition) is 4. The number of hydrogen-bond donors (Lipinski definition) is 1. The molecule has 1 unspecified atom stereocenters. The summed E-state index contributed by atoms with van der Waals surface area (Å²) in [4.78, 5) is -0.369. The summed E-state index contributed by atoms with van der Waals surface area (Å²) in [5.74, 6) is 4.07. The van der Waals surface area contributed by atoms with Crippen molar-refractivity contribution in [3.63, 3.8) is 0 Å². The zero-order chi connectivity index (χ0) is 15.5. The number of aliphatic hydroxyl groups is 1. The fraction of sp³-hybridized carbons (Fsp3) is 0.429. The smallest absolute Gasteiger partial charge is 0.246 e. The van der Waals surface area contributed by atoms with Crippen molar-refractivity contribution in [3.05, 3.63) is 29.6 Å². The Morgan fingerprint density at radius 3 is 2.90 bits per heavy atom. The zero-order valence-electron chi connectivity index (χ0n) is 11.5. The molecule has 7 heteroatoms. The van der Waals surface area contributed by atoms with Crippen molar-refractivity contribution in [1.29, 1.82) is 0 Å². The number of sulfonamides is 1. The molecule has 1 atom stereocenters. The molecule has 0 bridgehead atoms. The van der Waals surface area contributed by atoms with Crippen LogP contribution in [0.5, 0.6) is 0 Å². The van der Waals surface area contributed by atoms with E-state index in [1.165, 1.54) is 16.4 Å². The molecular weight excluding hydrogens is 297 g/mol. The molecule has 1 N–H and O–H groups in total. The van der Waals surface area contributed by atoms with Gasteiger partial charge >= 0.3 is 0 Å². The first kappa shape index (κ1) is 15.9. The average molecular weight is 313 g/mol. The van der Waals surface area contributed by atoms with E-state index in [1.807, 2.05) is 0 Å². The van der Waals surface area contributed by atoms with E-state index in [0.29, 0.717) is 12.2 Å². The van der Waals surface area contributed by atoms with E-state index in [2.05, 4.69) is 11.8 Å². The van der Waals surface area contributed by atoms with E-state index in [4.69, 9.17) is 9.84 Å². The van der Waals surface area contributed by atoms with Crippen molar-refractivity contribution >= 4 is 10.0 Å². The summed E-state index contributed by atoms with van der Waals surface area (Å²) in [6.07, 6.45) is -0.216. The molecule has 1 saturated heterocycles. The van der Waals surface area contributed by atoms with Crippen molar-refractivity contribution in [2.75, 3.05) is 26.3 Å². The van der Waals surface area contributed by atoms with Crippen LogP contribution in [0.15, 0.2) is 23.1 Å². The molecule has 2 rings (SSSR count). The maximum Gasteiger partial charge on any atom is 0.246 e. The maximum absolute atomic E-state index is 14.1. The van der Waals surface area contributed by atoms with Gasteiger partial charge in [-0.25, -0.2) is 12.8 Å². The highest BCUT2D eigenvalue weighted by molar-refractivity contribution is 7.89. The van der Waals surface area contributed by atoms with Gasteiger partial charge in [-0.15, -0.1) is 0 Å². The van der Waals surface area contributed by atoms with Crippen LogP contribution >= 0.6 is 0 Å². The first-order chi connectivity index (χ1) is 9.95. The third-order valence-corrected chi connectivity index (χ3v) is 4.96. The van der Waals surface area contributed by atoms with E-state index in [1.54, 1.807) is 6.92 Å². The molecule has 1 aliphatic heterocycles. The van der Waals surface area contributed by atoms with Gasteiger partial charge in [0, 0.05) is 18.7 Å². The lowest BCUT2D eigenvalue weighted by Crippen LogP contribution is -2.44. The number of benzene rings is 1. The topological polar surface area (TPSA) is 66.8 Å². The maximum atomic E-state index is 14.1. The molecule has 0 spiro atoms. The van der Waals surface area contributed by atoms with E-state index in [9.17, 15) is 12.8 Å². The van der Waals surface area contributed by atoms with Gasteiger partial charge in [-0.2, -0.15) is 4.31 Å². The van der Waals surface area contributed by atoms with E-state index in [0.717, 1.165) is 6.07 Å². The Labute approximate surface area is 123 Å². The fourth-order valence-electron chi connectivity index (χ4n) is 2.07. The minimum Gasteiger partial charge on any atom is -0.384 e. The highest BCUT2D eigenvalue weighted by Crippen LogP contribution is 2.22. The van der Waals surface area contributed by atoms with Crippen LogP contribution in [0.25, 0.3) is 0 Å². The lowest BCUT2D eigenvalue weighted by molar-refractivity contribution is 0.0101. The molecule has 1 aromatic carbocycles. The SMILES string of the molecule is CC1CN(S(=O)(=O)c2ccc(C#CCO)cc2F)CCO1. The van der Waals surface area contributed by atoms with E-state index in [-0.39, 0.29) is 30.7 Å². The van der Waals surface area contributed by atoms with Gasteiger partial charge in [-0.05, 0) is 25.1 Å². The van der Waals surface area contributed by atoms with Gasteiger partial charge in [0.2, 0.25) is 10.0 Å². The second-order valence-electron chi connectivity index (χ2n) is 4.65. The minimum absolute atomic E-state index is 0.202. The molecular formula is C14H16FNO4S. The molecule has 0 saturated carbocycles. The van der Waals surface area contributed by atoms with Gasteiger partial charge in [0.15, 0.2) is 0 Å². The number of aliphatic hydroxyl groups excluding tert-OH is 1. The van der Waals surface area contributed by atoms with E-state index < -0.39 is 15.8 Å². The van der Waals surface area contributed by atoms with Crippen LogP contribution in [0.3, 0.4) is 0 Å². The van der Waals surface area contributed by atoms with Crippen LogP contribution < -0.4 is 0 Å². The molecule has 1 aromatic rings. The van der Waals surface area contributed by atoms with Crippen LogP contribution in [-0.2, 0) is 14.8 Å². The largest absolute Gasteiger partial charge is 0.384 e. The van der Waals surface area contributed by atoms with Gasteiger partial charge < -0.3 is 9.84 Å². The zero-order valence-corrected chi connectivity index (χ0v) is 12.4. The Morgan fingerprint density at radius 2 is 2.29 bits per heavy atom. The van der Waals surface area contributed by atoms with Crippen molar-refractivity contribution in [1.82, 2.24) is 4.31 Å². The fourth-order valence-corrected chi connectivity index (χ4v) is 3.62. The Morgan fingerprint density at radius 1 is 1.52 bits per heavy atom. The lowest BCUT2D eigenvalue weighted by Gasteiger charge is -2.30. The van der Waals surface area contributed by atoms with Gasteiger partial charge in [0.1, 0.15) is 17.3 Å². The van der Waals surface area contributed by atoms with Crippen molar-refractivity contribution in [3.8, 4) is 11.8 Å². The number of morpholine rings is 1. The van der Waals surface area contributed by atoms with Gasteiger partial charge in [-0.3, -0.25) is 0 Å². The highest BCUT2D eigenvalue weighted by atomic mass is 32.2. The molecule has 0 aliphatic carbocycles. The molecule has 5 nitrogen and oxygen atoms in total.